The molecule has 4 nitrogen and oxygen atoms in total. The maximum atomic E-state index is 12.7. The summed E-state index contributed by atoms with van der Waals surface area (Å²) < 4.78 is 5.64. The average Bonchev–Trinajstić information content (AvgIpc) is 2.53. The first-order valence-corrected chi connectivity index (χ1v) is 8.68. The van der Waals surface area contributed by atoms with E-state index in [0.717, 1.165) is 35.9 Å². The van der Waals surface area contributed by atoms with Gasteiger partial charge < -0.3 is 9.64 Å². The Morgan fingerprint density at radius 2 is 2.04 bits per heavy atom. The lowest BCUT2D eigenvalue weighted by Crippen LogP contribution is -2.44. The number of carbonyl (C=O) groups is 1. The van der Waals surface area contributed by atoms with E-state index in [1.165, 1.54) is 0 Å². The number of aromatic nitrogens is 1. The molecule has 4 heteroatoms. The smallest absolute Gasteiger partial charge is 0.410 e. The summed E-state index contributed by atoms with van der Waals surface area (Å²) in [6.07, 6.45) is 3.66. The lowest BCUT2D eigenvalue weighted by Gasteiger charge is -2.39. The topological polar surface area (TPSA) is 42.4 Å². The first-order valence-electron chi connectivity index (χ1n) is 8.68. The number of benzene rings is 1. The van der Waals surface area contributed by atoms with Crippen molar-refractivity contribution in [2.24, 2.45) is 5.92 Å². The van der Waals surface area contributed by atoms with Gasteiger partial charge in [0.2, 0.25) is 0 Å². The summed E-state index contributed by atoms with van der Waals surface area (Å²) in [5.41, 5.74) is 1.63. The molecule has 0 unspecified atom stereocenters. The third kappa shape index (κ3) is 3.69. The molecule has 1 amide bonds. The van der Waals surface area contributed by atoms with E-state index in [-0.39, 0.29) is 12.1 Å². The third-order valence-electron chi connectivity index (χ3n) is 4.46. The van der Waals surface area contributed by atoms with E-state index in [1.54, 1.807) is 6.20 Å². The molecule has 1 aliphatic rings. The summed E-state index contributed by atoms with van der Waals surface area (Å²) in [6, 6.07) is 10.4. The van der Waals surface area contributed by atoms with Crippen molar-refractivity contribution in [2.75, 3.05) is 6.54 Å². The predicted octanol–water partition coefficient (Wildman–Crippen LogP) is 4.94. The molecule has 1 aliphatic heterocycles. The van der Waals surface area contributed by atoms with Gasteiger partial charge in [-0.3, -0.25) is 4.98 Å². The van der Waals surface area contributed by atoms with Crippen molar-refractivity contribution >= 4 is 17.0 Å². The average molecular weight is 326 g/mol. The van der Waals surface area contributed by atoms with Gasteiger partial charge in [0.25, 0.3) is 0 Å². The van der Waals surface area contributed by atoms with Crippen LogP contribution in [0.4, 0.5) is 4.79 Å². The van der Waals surface area contributed by atoms with Crippen LogP contribution >= 0.6 is 0 Å². The monoisotopic (exact) mass is 326 g/mol. The molecule has 0 aliphatic carbocycles. The zero-order chi connectivity index (χ0) is 17.3. The van der Waals surface area contributed by atoms with E-state index in [0.29, 0.717) is 5.92 Å². The van der Waals surface area contributed by atoms with Crippen LogP contribution in [0.15, 0.2) is 36.5 Å². The van der Waals surface area contributed by atoms with Crippen LogP contribution in [0.25, 0.3) is 10.9 Å². The van der Waals surface area contributed by atoms with Crippen LogP contribution in [0.2, 0.25) is 0 Å². The highest BCUT2D eigenvalue weighted by molar-refractivity contribution is 5.79. The Bertz CT molecular complexity index is 736. The Morgan fingerprint density at radius 1 is 1.25 bits per heavy atom. The standard InChI is InChI=1S/C20H26N2O2/c1-14-7-10-18(22(13-14)19(23)24-20(2,3)4)16-9-8-15-6-5-11-21-17(15)12-16/h5-6,8-9,11-12,14,18H,7,10,13H2,1-4H3/t14-,18-/m0/s1. The van der Waals surface area contributed by atoms with Gasteiger partial charge >= 0.3 is 6.09 Å². The van der Waals surface area contributed by atoms with E-state index in [4.69, 9.17) is 4.74 Å². The van der Waals surface area contributed by atoms with Crippen LogP contribution in [0, 0.1) is 5.92 Å². The SMILES string of the molecule is C[C@H]1CC[C@@H](c2ccc3cccnc3c2)N(C(=O)OC(C)(C)C)C1. The minimum Gasteiger partial charge on any atom is -0.444 e. The fourth-order valence-corrected chi connectivity index (χ4v) is 3.31. The predicted molar refractivity (Wildman–Crippen MR) is 95.8 cm³/mol. The van der Waals surface area contributed by atoms with Gasteiger partial charge in [0.15, 0.2) is 0 Å². The second kappa shape index (κ2) is 6.42. The molecule has 0 spiro atoms. The number of fused-ring (bicyclic) bond motifs is 1. The van der Waals surface area contributed by atoms with Crippen molar-refractivity contribution < 1.29 is 9.53 Å². The van der Waals surface area contributed by atoms with Gasteiger partial charge in [-0.15, -0.1) is 0 Å². The number of nitrogens with zero attached hydrogens (tertiary/aromatic N) is 2. The molecule has 0 N–H and O–H groups in total. The van der Waals surface area contributed by atoms with Crippen LogP contribution in [-0.2, 0) is 4.74 Å². The van der Waals surface area contributed by atoms with Gasteiger partial charge in [0.05, 0.1) is 11.6 Å². The number of ether oxygens (including phenoxy) is 1. The molecule has 0 radical (unpaired) electrons. The van der Waals surface area contributed by atoms with E-state index in [1.807, 2.05) is 31.7 Å². The quantitative estimate of drug-likeness (QED) is 0.745. The minimum absolute atomic E-state index is 0.0578. The maximum Gasteiger partial charge on any atom is 0.410 e. The molecular formula is C20H26N2O2. The van der Waals surface area contributed by atoms with Gasteiger partial charge in [-0.05, 0) is 57.2 Å². The van der Waals surface area contributed by atoms with Gasteiger partial charge in [-0.2, -0.15) is 0 Å². The molecule has 3 rings (SSSR count). The second-order valence-electron chi connectivity index (χ2n) is 7.79. The maximum absolute atomic E-state index is 12.7. The van der Waals surface area contributed by atoms with Crippen molar-refractivity contribution in [3.63, 3.8) is 0 Å². The molecule has 1 saturated heterocycles. The summed E-state index contributed by atoms with van der Waals surface area (Å²) in [5.74, 6) is 0.493. The highest BCUT2D eigenvalue weighted by Gasteiger charge is 2.33. The number of carbonyl (C=O) groups excluding carboxylic acids is 1. The van der Waals surface area contributed by atoms with Gasteiger partial charge in [-0.1, -0.05) is 25.1 Å². The number of hydrogen-bond acceptors (Lipinski definition) is 3. The molecular weight excluding hydrogens is 300 g/mol. The van der Waals surface area contributed by atoms with Gasteiger partial charge in [0, 0.05) is 18.1 Å². The molecule has 0 saturated carbocycles. The third-order valence-corrected chi connectivity index (χ3v) is 4.46. The molecule has 0 bridgehead atoms. The van der Waals surface area contributed by atoms with Crippen molar-refractivity contribution in [1.82, 2.24) is 9.88 Å². The van der Waals surface area contributed by atoms with Crippen molar-refractivity contribution in [3.05, 3.63) is 42.1 Å². The van der Waals surface area contributed by atoms with Gasteiger partial charge in [0.1, 0.15) is 5.60 Å². The number of amides is 1. The number of likely N-dealkylation sites (tertiary alicyclic amines) is 1. The Morgan fingerprint density at radius 3 is 2.79 bits per heavy atom. The number of hydrogen-bond donors (Lipinski definition) is 0. The highest BCUT2D eigenvalue weighted by atomic mass is 16.6. The van der Waals surface area contributed by atoms with E-state index < -0.39 is 5.60 Å². The lowest BCUT2D eigenvalue weighted by molar-refractivity contribution is 0.00365. The zero-order valence-corrected chi connectivity index (χ0v) is 15.0. The fraction of sp³-hybridized carbons (Fsp3) is 0.500. The van der Waals surface area contributed by atoms with Crippen LogP contribution in [0.3, 0.4) is 0 Å². The van der Waals surface area contributed by atoms with Crippen molar-refractivity contribution in [1.29, 1.82) is 0 Å². The number of pyridine rings is 1. The highest BCUT2D eigenvalue weighted by Crippen LogP contribution is 2.35. The Kier molecular flexibility index (Phi) is 4.48. The van der Waals surface area contributed by atoms with Crippen LogP contribution in [0.5, 0.6) is 0 Å². The Hall–Kier alpha value is -2.10. The van der Waals surface area contributed by atoms with Crippen molar-refractivity contribution in [2.45, 2.75) is 52.2 Å². The molecule has 2 aromatic rings. The minimum atomic E-state index is -0.479. The van der Waals surface area contributed by atoms with Crippen LogP contribution < -0.4 is 0 Å². The molecule has 1 aromatic carbocycles. The lowest BCUT2D eigenvalue weighted by atomic mass is 9.90. The Balaban J connectivity index is 1.91. The first kappa shape index (κ1) is 16.7. The fourth-order valence-electron chi connectivity index (χ4n) is 3.31. The molecule has 2 atom stereocenters. The summed E-state index contributed by atoms with van der Waals surface area (Å²) in [4.78, 5) is 19.0. The first-order chi connectivity index (χ1) is 11.3. The molecule has 1 fully saturated rings. The number of rotatable bonds is 1. The van der Waals surface area contributed by atoms with E-state index in [2.05, 4.69) is 36.2 Å². The normalized spacial score (nSPS) is 21.8. The van der Waals surface area contributed by atoms with Crippen molar-refractivity contribution in [3.8, 4) is 0 Å². The largest absolute Gasteiger partial charge is 0.444 e. The zero-order valence-electron chi connectivity index (χ0n) is 15.0. The molecule has 128 valence electrons. The molecule has 2 heterocycles. The van der Waals surface area contributed by atoms with Crippen LogP contribution in [0.1, 0.15) is 52.1 Å². The Labute approximate surface area is 143 Å². The number of piperidine rings is 1. The summed E-state index contributed by atoms with van der Waals surface area (Å²) >= 11 is 0. The summed E-state index contributed by atoms with van der Waals surface area (Å²) in [5, 5.41) is 1.12. The van der Waals surface area contributed by atoms with E-state index in [9.17, 15) is 4.79 Å². The van der Waals surface area contributed by atoms with Gasteiger partial charge in [-0.25, -0.2) is 4.79 Å². The molecule has 24 heavy (non-hydrogen) atoms. The second-order valence-corrected chi connectivity index (χ2v) is 7.79. The molecule has 1 aromatic heterocycles. The summed E-state index contributed by atoms with van der Waals surface area (Å²) in [6.45, 7) is 8.66. The van der Waals surface area contributed by atoms with Crippen LogP contribution in [-0.4, -0.2) is 28.1 Å². The summed E-state index contributed by atoms with van der Waals surface area (Å²) in [7, 11) is 0. The van der Waals surface area contributed by atoms with E-state index >= 15 is 0 Å².